The molecular formula is C17H18FN5S. The smallest absolute Gasteiger partial charge is 0.136 e. The monoisotopic (exact) mass is 343 g/mol. The highest BCUT2D eigenvalue weighted by Crippen LogP contribution is 2.34. The van der Waals surface area contributed by atoms with Crippen LogP contribution in [0, 0.1) is 5.82 Å². The number of hydrogen-bond donors (Lipinski definition) is 2. The number of anilines is 1. The number of amidine groups is 1. The fraction of sp³-hybridized carbons (Fsp3) is 0.294. The van der Waals surface area contributed by atoms with E-state index in [2.05, 4.69) is 20.2 Å². The number of nitrogens with two attached hydrogens (primary N) is 1. The van der Waals surface area contributed by atoms with Crippen LogP contribution in [0.3, 0.4) is 0 Å². The van der Waals surface area contributed by atoms with Crippen LogP contribution in [0.25, 0.3) is 0 Å². The largest absolute Gasteiger partial charge is 0.383 e. The highest BCUT2D eigenvalue weighted by molar-refractivity contribution is 7.13. The zero-order chi connectivity index (χ0) is 16.6. The van der Waals surface area contributed by atoms with Crippen LogP contribution in [-0.4, -0.2) is 35.8 Å². The van der Waals surface area contributed by atoms with Gasteiger partial charge >= 0.3 is 0 Å². The Labute approximate surface area is 143 Å². The lowest BCUT2D eigenvalue weighted by molar-refractivity contribution is 0.257. The molecule has 2 aliphatic rings. The summed E-state index contributed by atoms with van der Waals surface area (Å²) in [5.74, 6) is -0.0563. The van der Waals surface area contributed by atoms with Crippen molar-refractivity contribution in [1.29, 1.82) is 0 Å². The minimum Gasteiger partial charge on any atom is -0.383 e. The summed E-state index contributed by atoms with van der Waals surface area (Å²) in [6, 6.07) is 8.93. The van der Waals surface area contributed by atoms with E-state index in [0.29, 0.717) is 5.56 Å². The van der Waals surface area contributed by atoms with Crippen molar-refractivity contribution in [2.45, 2.75) is 18.5 Å². The third-order valence-electron chi connectivity index (χ3n) is 4.45. The third-order valence-corrected chi connectivity index (χ3v) is 5.23. The molecule has 3 heterocycles. The number of rotatable bonds is 2. The van der Waals surface area contributed by atoms with Gasteiger partial charge < -0.3 is 16.0 Å². The van der Waals surface area contributed by atoms with Crippen molar-refractivity contribution in [3.63, 3.8) is 0 Å². The van der Waals surface area contributed by atoms with Gasteiger partial charge in [0.1, 0.15) is 22.3 Å². The van der Waals surface area contributed by atoms with Gasteiger partial charge in [0.05, 0.1) is 11.9 Å². The van der Waals surface area contributed by atoms with Crippen LogP contribution in [0.15, 0.2) is 45.7 Å². The van der Waals surface area contributed by atoms with E-state index >= 15 is 0 Å². The van der Waals surface area contributed by atoms with Gasteiger partial charge in [-0.05, 0) is 29.6 Å². The zero-order valence-electron chi connectivity index (χ0n) is 13.1. The molecule has 0 unspecified atom stereocenters. The summed E-state index contributed by atoms with van der Waals surface area (Å²) in [5, 5.41) is 6.41. The van der Waals surface area contributed by atoms with Gasteiger partial charge in [-0.15, -0.1) is 11.3 Å². The van der Waals surface area contributed by atoms with Crippen LogP contribution in [0.1, 0.15) is 18.4 Å². The number of piperidine rings is 1. The molecule has 0 saturated carbocycles. The first-order valence-corrected chi connectivity index (χ1v) is 8.77. The van der Waals surface area contributed by atoms with Crippen molar-refractivity contribution < 1.29 is 4.39 Å². The summed E-state index contributed by atoms with van der Waals surface area (Å²) >= 11 is 1.62. The summed E-state index contributed by atoms with van der Waals surface area (Å²) in [6.45, 7) is 1.65. The lowest BCUT2D eigenvalue weighted by Gasteiger charge is -2.42. The highest BCUT2D eigenvalue weighted by atomic mass is 32.1. The van der Waals surface area contributed by atoms with Gasteiger partial charge in [0.15, 0.2) is 0 Å². The lowest BCUT2D eigenvalue weighted by Crippen LogP contribution is -2.50. The summed E-state index contributed by atoms with van der Waals surface area (Å²) < 4.78 is 13.9. The average Bonchev–Trinajstić information content (AvgIpc) is 3.07. The average molecular weight is 343 g/mol. The quantitative estimate of drug-likeness (QED) is 0.650. The van der Waals surface area contributed by atoms with Crippen molar-refractivity contribution in [1.82, 2.24) is 4.90 Å². The second-order valence-electron chi connectivity index (χ2n) is 6.05. The van der Waals surface area contributed by atoms with Gasteiger partial charge in [-0.25, -0.2) is 14.4 Å². The molecule has 0 bridgehead atoms. The third kappa shape index (κ3) is 2.75. The molecule has 0 aliphatic carbocycles. The molecule has 2 aliphatic heterocycles. The summed E-state index contributed by atoms with van der Waals surface area (Å²) in [7, 11) is 0. The summed E-state index contributed by atoms with van der Waals surface area (Å²) in [6.07, 6.45) is 3.47. The molecule has 1 aromatic carbocycles. The number of benzene rings is 1. The first-order chi connectivity index (χ1) is 11.7. The number of fused-ring (bicyclic) bond motifs is 1. The topological polar surface area (TPSA) is 66.0 Å². The van der Waals surface area contributed by atoms with Gasteiger partial charge in [0.25, 0.3) is 0 Å². The maximum atomic E-state index is 13.9. The molecule has 7 heteroatoms. The summed E-state index contributed by atoms with van der Waals surface area (Å²) in [5.41, 5.74) is 6.70. The minimum absolute atomic E-state index is 0.280. The van der Waals surface area contributed by atoms with Crippen LogP contribution in [-0.2, 0) is 0 Å². The molecule has 2 aromatic rings. The Kier molecular flexibility index (Phi) is 3.72. The van der Waals surface area contributed by atoms with Crippen LogP contribution < -0.4 is 11.1 Å². The fourth-order valence-corrected chi connectivity index (χ4v) is 3.74. The molecule has 1 fully saturated rings. The molecule has 1 spiro atoms. The maximum Gasteiger partial charge on any atom is 0.136 e. The zero-order valence-corrected chi connectivity index (χ0v) is 13.9. The van der Waals surface area contributed by atoms with Crippen LogP contribution >= 0.6 is 11.3 Å². The van der Waals surface area contributed by atoms with Crippen molar-refractivity contribution in [2.24, 2.45) is 15.7 Å². The molecule has 24 heavy (non-hydrogen) atoms. The Morgan fingerprint density at radius 2 is 2.12 bits per heavy atom. The SMILES string of the molecule is NC1=NC2(CCN(C=Nc3cccs3)CC2)Nc2cccc(F)c21. The molecule has 0 atom stereocenters. The Balaban J connectivity index is 1.49. The number of likely N-dealkylation sites (tertiary alicyclic amines) is 1. The van der Waals surface area contributed by atoms with E-state index < -0.39 is 5.66 Å². The van der Waals surface area contributed by atoms with Gasteiger partial charge in [-0.2, -0.15) is 0 Å². The van der Waals surface area contributed by atoms with E-state index in [0.717, 1.165) is 36.6 Å². The number of nitrogens with zero attached hydrogens (tertiary/aromatic N) is 3. The van der Waals surface area contributed by atoms with E-state index in [4.69, 9.17) is 5.73 Å². The number of aliphatic imine (C=N–C) groups is 2. The normalized spacial score (nSPS) is 19.2. The van der Waals surface area contributed by atoms with Crippen LogP contribution in [0.5, 0.6) is 0 Å². The van der Waals surface area contributed by atoms with Crippen LogP contribution in [0.4, 0.5) is 15.1 Å². The summed E-state index contributed by atoms with van der Waals surface area (Å²) in [4.78, 5) is 11.2. The molecule has 4 rings (SSSR count). The molecule has 1 aromatic heterocycles. The number of nitrogens with one attached hydrogen (secondary N) is 1. The number of thiophene rings is 1. The first-order valence-electron chi connectivity index (χ1n) is 7.89. The second kappa shape index (κ2) is 5.90. The van der Waals surface area contributed by atoms with Crippen LogP contribution in [0.2, 0.25) is 0 Å². The van der Waals surface area contributed by atoms with Crippen molar-refractivity contribution in [3.05, 3.63) is 47.1 Å². The van der Waals surface area contributed by atoms with E-state index in [-0.39, 0.29) is 11.7 Å². The lowest BCUT2D eigenvalue weighted by atomic mass is 9.94. The Bertz CT molecular complexity index is 791. The number of hydrogen-bond acceptors (Lipinski definition) is 5. The predicted octanol–water partition coefficient (Wildman–Crippen LogP) is 3.17. The molecule has 0 radical (unpaired) electrons. The first kappa shape index (κ1) is 15.1. The van der Waals surface area contributed by atoms with E-state index in [1.807, 2.05) is 29.9 Å². The van der Waals surface area contributed by atoms with Gasteiger partial charge in [-0.3, -0.25) is 0 Å². The van der Waals surface area contributed by atoms with E-state index in [1.54, 1.807) is 17.4 Å². The second-order valence-corrected chi connectivity index (χ2v) is 6.97. The standard InChI is InChI=1S/C17H18FN5S/c18-12-3-1-4-13-15(12)16(19)22-17(21-13)6-8-23(9-7-17)11-20-14-5-2-10-24-14/h1-5,10-11,21H,6-9H2,(H2,19,22). The predicted molar refractivity (Wildman–Crippen MR) is 96.8 cm³/mol. The molecule has 5 nitrogen and oxygen atoms in total. The maximum absolute atomic E-state index is 13.9. The Morgan fingerprint density at radius 1 is 1.29 bits per heavy atom. The van der Waals surface area contributed by atoms with Crippen molar-refractivity contribution in [3.8, 4) is 0 Å². The molecule has 3 N–H and O–H groups in total. The van der Waals surface area contributed by atoms with Gasteiger partial charge in [0.2, 0.25) is 0 Å². The Hall–Kier alpha value is -2.41. The van der Waals surface area contributed by atoms with Gasteiger partial charge in [-0.1, -0.05) is 6.07 Å². The molecule has 1 saturated heterocycles. The molecular weight excluding hydrogens is 325 g/mol. The Morgan fingerprint density at radius 3 is 2.88 bits per heavy atom. The van der Waals surface area contributed by atoms with E-state index in [9.17, 15) is 4.39 Å². The van der Waals surface area contributed by atoms with Gasteiger partial charge in [0, 0.05) is 31.6 Å². The number of halogens is 1. The molecule has 0 amide bonds. The van der Waals surface area contributed by atoms with Crippen molar-refractivity contribution >= 4 is 34.2 Å². The van der Waals surface area contributed by atoms with E-state index in [1.165, 1.54) is 6.07 Å². The highest BCUT2D eigenvalue weighted by Gasteiger charge is 2.38. The minimum atomic E-state index is -0.446. The molecule has 124 valence electrons. The fourth-order valence-electron chi connectivity index (χ4n) is 3.18. The van der Waals surface area contributed by atoms with Crippen molar-refractivity contribution in [2.75, 3.05) is 18.4 Å².